The average Bonchev–Trinajstić information content (AvgIpc) is 2.25. The van der Waals surface area contributed by atoms with E-state index in [-0.39, 0.29) is 11.7 Å². The largest absolute Gasteiger partial charge is 0.299 e. The Balaban J connectivity index is 2.24. The monoisotopic (exact) mass is 136 g/mol. The maximum Gasteiger partial charge on any atom is 0.146 e. The molecule has 2 aliphatic carbocycles. The molecule has 0 aromatic carbocycles. The number of aldehydes is 1. The Bertz CT molecular complexity index is 227. The van der Waals surface area contributed by atoms with Crippen LogP contribution in [0.3, 0.4) is 0 Å². The molecule has 0 bridgehead atoms. The molecule has 2 nitrogen and oxygen atoms in total. The lowest BCUT2D eigenvalue weighted by atomic mass is 9.72. The van der Waals surface area contributed by atoms with Crippen LogP contribution in [0.1, 0.15) is 12.8 Å². The summed E-state index contributed by atoms with van der Waals surface area (Å²) in [5.41, 5.74) is 0.723. The van der Waals surface area contributed by atoms with Crippen molar-refractivity contribution in [3.63, 3.8) is 0 Å². The highest BCUT2D eigenvalue weighted by Gasteiger charge is 2.44. The Hall–Kier alpha value is -0.920. The molecule has 2 unspecified atom stereocenters. The Morgan fingerprint density at radius 1 is 1.60 bits per heavy atom. The molecule has 0 saturated heterocycles. The molecule has 0 N–H and O–H groups in total. The topological polar surface area (TPSA) is 34.1 Å². The lowest BCUT2D eigenvalue weighted by Crippen LogP contribution is -2.35. The zero-order valence-corrected chi connectivity index (χ0v) is 5.54. The summed E-state index contributed by atoms with van der Waals surface area (Å²) in [6, 6.07) is 0. The molecule has 10 heavy (non-hydrogen) atoms. The molecule has 0 aliphatic heterocycles. The van der Waals surface area contributed by atoms with E-state index in [9.17, 15) is 9.59 Å². The van der Waals surface area contributed by atoms with Crippen LogP contribution in [0.4, 0.5) is 0 Å². The van der Waals surface area contributed by atoms with Gasteiger partial charge in [-0.3, -0.25) is 9.59 Å². The van der Waals surface area contributed by atoms with E-state index in [4.69, 9.17) is 0 Å². The Morgan fingerprint density at radius 2 is 2.40 bits per heavy atom. The minimum Gasteiger partial charge on any atom is -0.299 e. The van der Waals surface area contributed by atoms with Gasteiger partial charge in [-0.1, -0.05) is 6.08 Å². The number of hydrogen-bond donors (Lipinski definition) is 0. The Morgan fingerprint density at radius 3 is 2.90 bits per heavy atom. The summed E-state index contributed by atoms with van der Waals surface area (Å²) in [6.45, 7) is 0. The summed E-state index contributed by atoms with van der Waals surface area (Å²) in [5.74, 6) is 0.728. The van der Waals surface area contributed by atoms with E-state index in [1.165, 1.54) is 0 Å². The first-order valence-corrected chi connectivity index (χ1v) is 3.51. The molecular formula is C8H8O2. The number of fused-ring (bicyclic) bond motifs is 1. The summed E-state index contributed by atoms with van der Waals surface area (Å²) in [5, 5.41) is 0. The first kappa shape index (κ1) is 5.83. The van der Waals surface area contributed by atoms with Gasteiger partial charge in [0.25, 0.3) is 0 Å². The van der Waals surface area contributed by atoms with Gasteiger partial charge in [0.1, 0.15) is 12.1 Å². The fourth-order valence-electron chi connectivity index (χ4n) is 1.82. The van der Waals surface area contributed by atoms with Crippen molar-refractivity contribution in [3.05, 3.63) is 11.6 Å². The smallest absolute Gasteiger partial charge is 0.146 e. The van der Waals surface area contributed by atoms with Gasteiger partial charge in [-0.05, 0) is 17.9 Å². The number of carbonyl (C=O) groups is 2. The normalized spacial score (nSPS) is 36.4. The van der Waals surface area contributed by atoms with Crippen LogP contribution in [-0.2, 0) is 9.59 Å². The highest BCUT2D eigenvalue weighted by atomic mass is 16.1. The number of ketones is 1. The molecule has 0 radical (unpaired) electrons. The Kier molecular flexibility index (Phi) is 1.04. The number of Topliss-reactive ketones (excluding diaryl/α,β-unsaturated/α-hetero) is 1. The summed E-state index contributed by atoms with van der Waals surface area (Å²) < 4.78 is 0. The first-order valence-electron chi connectivity index (χ1n) is 3.51. The average molecular weight is 136 g/mol. The van der Waals surface area contributed by atoms with Crippen molar-refractivity contribution >= 4 is 12.1 Å². The van der Waals surface area contributed by atoms with Gasteiger partial charge in [0.05, 0.1) is 0 Å². The molecule has 0 aromatic heterocycles. The van der Waals surface area contributed by atoms with Crippen molar-refractivity contribution in [2.45, 2.75) is 12.8 Å². The molecule has 0 spiro atoms. The maximum atomic E-state index is 10.9. The van der Waals surface area contributed by atoms with Crippen LogP contribution >= 0.6 is 0 Å². The third-order valence-electron chi connectivity index (χ3n) is 2.43. The predicted octanol–water partition coefficient (Wildman–Crippen LogP) is 0.721. The maximum absolute atomic E-state index is 10.9. The zero-order chi connectivity index (χ0) is 7.14. The van der Waals surface area contributed by atoms with Gasteiger partial charge >= 0.3 is 0 Å². The van der Waals surface area contributed by atoms with Gasteiger partial charge in [-0.25, -0.2) is 0 Å². The summed E-state index contributed by atoms with van der Waals surface area (Å²) in [4.78, 5) is 21.2. The molecule has 1 fully saturated rings. The van der Waals surface area contributed by atoms with Gasteiger partial charge in [0, 0.05) is 12.3 Å². The second kappa shape index (κ2) is 1.78. The lowest BCUT2D eigenvalue weighted by Gasteiger charge is -2.29. The molecule has 0 amide bonds. The summed E-state index contributed by atoms with van der Waals surface area (Å²) in [7, 11) is 0. The van der Waals surface area contributed by atoms with E-state index in [1.807, 2.05) is 6.08 Å². The van der Waals surface area contributed by atoms with Crippen molar-refractivity contribution in [2.24, 2.45) is 11.8 Å². The van der Waals surface area contributed by atoms with Gasteiger partial charge < -0.3 is 0 Å². The molecule has 2 rings (SSSR count). The number of hydrogen-bond acceptors (Lipinski definition) is 2. The highest BCUT2D eigenvalue weighted by Crippen LogP contribution is 2.43. The second-order valence-electron chi connectivity index (χ2n) is 2.97. The van der Waals surface area contributed by atoms with E-state index >= 15 is 0 Å². The van der Waals surface area contributed by atoms with Crippen molar-refractivity contribution < 1.29 is 9.59 Å². The SMILES string of the molecule is O=CC1=CCC2CC(=O)C12. The van der Waals surface area contributed by atoms with Gasteiger partial charge in [-0.15, -0.1) is 0 Å². The molecular weight excluding hydrogens is 128 g/mol. The van der Waals surface area contributed by atoms with Crippen LogP contribution in [0.15, 0.2) is 11.6 Å². The third-order valence-corrected chi connectivity index (χ3v) is 2.43. The second-order valence-corrected chi connectivity index (χ2v) is 2.97. The van der Waals surface area contributed by atoms with Crippen LogP contribution in [-0.4, -0.2) is 12.1 Å². The van der Waals surface area contributed by atoms with Gasteiger partial charge in [0.15, 0.2) is 0 Å². The van der Waals surface area contributed by atoms with Crippen LogP contribution < -0.4 is 0 Å². The van der Waals surface area contributed by atoms with Crippen molar-refractivity contribution in [1.29, 1.82) is 0 Å². The minimum atomic E-state index is -0.00231. The first-order chi connectivity index (χ1) is 4.83. The standard InChI is InChI=1S/C8H8O2/c9-4-6-2-1-5-3-7(10)8(5)6/h2,4-5,8H,1,3H2. The third kappa shape index (κ3) is 0.537. The fourth-order valence-corrected chi connectivity index (χ4v) is 1.82. The number of allylic oxidation sites excluding steroid dienone is 2. The molecule has 0 heterocycles. The van der Waals surface area contributed by atoms with E-state index < -0.39 is 0 Å². The molecule has 2 atom stereocenters. The zero-order valence-electron chi connectivity index (χ0n) is 5.54. The number of carbonyl (C=O) groups excluding carboxylic acids is 2. The van der Waals surface area contributed by atoms with Crippen molar-refractivity contribution in [3.8, 4) is 0 Å². The quantitative estimate of drug-likeness (QED) is 0.498. The lowest BCUT2D eigenvalue weighted by molar-refractivity contribution is -0.132. The summed E-state index contributed by atoms with van der Waals surface area (Å²) >= 11 is 0. The van der Waals surface area contributed by atoms with Crippen LogP contribution in [0.5, 0.6) is 0 Å². The van der Waals surface area contributed by atoms with Gasteiger partial charge in [0.2, 0.25) is 0 Å². The molecule has 52 valence electrons. The van der Waals surface area contributed by atoms with E-state index in [1.54, 1.807) is 0 Å². The highest BCUT2D eigenvalue weighted by molar-refractivity contribution is 5.97. The molecule has 2 heteroatoms. The fraction of sp³-hybridized carbons (Fsp3) is 0.500. The predicted molar refractivity (Wildman–Crippen MR) is 35.4 cm³/mol. The van der Waals surface area contributed by atoms with E-state index in [0.717, 1.165) is 18.3 Å². The van der Waals surface area contributed by atoms with Crippen LogP contribution in [0.2, 0.25) is 0 Å². The van der Waals surface area contributed by atoms with Gasteiger partial charge in [-0.2, -0.15) is 0 Å². The van der Waals surface area contributed by atoms with Crippen LogP contribution in [0, 0.1) is 11.8 Å². The molecule has 1 saturated carbocycles. The molecule has 2 aliphatic rings. The minimum absolute atomic E-state index is 0.00231. The Labute approximate surface area is 58.9 Å². The summed E-state index contributed by atoms with van der Waals surface area (Å²) in [6.07, 6.45) is 4.35. The molecule has 0 aromatic rings. The number of rotatable bonds is 1. The van der Waals surface area contributed by atoms with Crippen molar-refractivity contribution in [1.82, 2.24) is 0 Å². The van der Waals surface area contributed by atoms with E-state index in [0.29, 0.717) is 12.3 Å². The van der Waals surface area contributed by atoms with E-state index in [2.05, 4.69) is 0 Å². The van der Waals surface area contributed by atoms with Crippen LogP contribution in [0.25, 0.3) is 0 Å². The van der Waals surface area contributed by atoms with Crippen molar-refractivity contribution in [2.75, 3.05) is 0 Å².